The number of carbonyl (C=O) groups is 2. The Hall–Kier alpha value is -3.42. The van der Waals surface area contributed by atoms with E-state index < -0.39 is 16.7 Å². The number of rotatable bonds is 5. The second-order valence-corrected chi connectivity index (χ2v) is 5.20. The zero-order chi connectivity index (χ0) is 18.4. The summed E-state index contributed by atoms with van der Waals surface area (Å²) in [4.78, 5) is 34.1. The first kappa shape index (κ1) is 17.9. The summed E-state index contributed by atoms with van der Waals surface area (Å²) in [5.74, 6) is -1.06. The van der Waals surface area contributed by atoms with Gasteiger partial charge < -0.3 is 15.4 Å². The largest absolute Gasteiger partial charge is 0.496 e. The molecule has 2 amide bonds. The topological polar surface area (TPSA) is 111 Å². The Morgan fingerprint density at radius 3 is 2.52 bits per heavy atom. The van der Waals surface area contributed by atoms with Crippen molar-refractivity contribution in [3.8, 4) is 5.75 Å². The fraction of sp³-hybridized carbons (Fsp3) is 0.176. The normalized spacial score (nSPS) is 10.0. The minimum Gasteiger partial charge on any atom is -0.496 e. The maximum Gasteiger partial charge on any atom is 0.313 e. The maximum absolute atomic E-state index is 12.0. The number of nitrogens with one attached hydrogen (secondary N) is 2. The summed E-state index contributed by atoms with van der Waals surface area (Å²) in [6, 6.07) is 11.1. The van der Waals surface area contributed by atoms with Gasteiger partial charge in [-0.2, -0.15) is 0 Å². The molecule has 0 saturated carbocycles. The first-order valence-electron chi connectivity index (χ1n) is 7.38. The molecule has 0 aliphatic rings. The summed E-state index contributed by atoms with van der Waals surface area (Å²) >= 11 is 0. The number of anilines is 1. The standard InChI is InChI=1S/C17H17N3O5/c1-11-9-13(20(23)24)7-8-14(11)19-17(22)16(21)18-10-12-5-3-4-6-15(12)25-2/h3-9H,10H2,1-2H3,(H,18,21)(H,19,22). The van der Waals surface area contributed by atoms with Gasteiger partial charge in [-0.05, 0) is 24.6 Å². The van der Waals surface area contributed by atoms with Crippen LogP contribution in [0.15, 0.2) is 42.5 Å². The highest BCUT2D eigenvalue weighted by atomic mass is 16.6. The van der Waals surface area contributed by atoms with E-state index in [4.69, 9.17) is 4.74 Å². The van der Waals surface area contributed by atoms with Crippen LogP contribution in [0.25, 0.3) is 0 Å². The number of hydrogen-bond donors (Lipinski definition) is 2. The van der Waals surface area contributed by atoms with Gasteiger partial charge in [-0.3, -0.25) is 19.7 Å². The summed E-state index contributed by atoms with van der Waals surface area (Å²) < 4.78 is 5.17. The first-order chi connectivity index (χ1) is 11.9. The van der Waals surface area contributed by atoms with E-state index in [-0.39, 0.29) is 12.2 Å². The van der Waals surface area contributed by atoms with Crippen LogP contribution in [-0.2, 0) is 16.1 Å². The molecule has 0 aliphatic heterocycles. The van der Waals surface area contributed by atoms with E-state index in [2.05, 4.69) is 10.6 Å². The van der Waals surface area contributed by atoms with Gasteiger partial charge in [0.15, 0.2) is 0 Å². The third-order valence-electron chi connectivity index (χ3n) is 3.51. The number of carbonyl (C=O) groups excluding carboxylic acids is 2. The van der Waals surface area contributed by atoms with E-state index in [9.17, 15) is 19.7 Å². The predicted octanol–water partition coefficient (Wildman–Crippen LogP) is 2.17. The highest BCUT2D eigenvalue weighted by Gasteiger charge is 2.16. The Bertz CT molecular complexity index is 820. The molecule has 2 rings (SSSR count). The minimum absolute atomic E-state index is 0.0869. The average molecular weight is 343 g/mol. The van der Waals surface area contributed by atoms with Crippen LogP contribution in [-0.4, -0.2) is 23.8 Å². The third kappa shape index (κ3) is 4.54. The van der Waals surface area contributed by atoms with Crippen molar-refractivity contribution in [2.24, 2.45) is 0 Å². The van der Waals surface area contributed by atoms with Crippen molar-refractivity contribution in [1.29, 1.82) is 0 Å². The molecule has 2 aromatic carbocycles. The number of nitro groups is 1. The lowest BCUT2D eigenvalue weighted by Gasteiger charge is -2.10. The van der Waals surface area contributed by atoms with Gasteiger partial charge in [-0.25, -0.2) is 0 Å². The number of para-hydroxylation sites is 1. The molecule has 0 radical (unpaired) electrons. The molecule has 0 atom stereocenters. The lowest BCUT2D eigenvalue weighted by Crippen LogP contribution is -2.35. The van der Waals surface area contributed by atoms with E-state index in [0.717, 1.165) is 5.56 Å². The summed E-state index contributed by atoms with van der Waals surface area (Å²) in [5.41, 5.74) is 1.47. The number of non-ortho nitro benzene ring substituents is 1. The van der Waals surface area contributed by atoms with Gasteiger partial charge in [0.05, 0.1) is 12.0 Å². The SMILES string of the molecule is COc1ccccc1CNC(=O)C(=O)Nc1ccc([N+](=O)[O-])cc1C. The average Bonchev–Trinajstić information content (AvgIpc) is 2.61. The third-order valence-corrected chi connectivity index (χ3v) is 3.51. The van der Waals surface area contributed by atoms with Crippen LogP contribution >= 0.6 is 0 Å². The van der Waals surface area contributed by atoms with Crippen LogP contribution in [0, 0.1) is 17.0 Å². The van der Waals surface area contributed by atoms with Gasteiger partial charge in [-0.15, -0.1) is 0 Å². The van der Waals surface area contributed by atoms with E-state index in [1.54, 1.807) is 31.2 Å². The predicted molar refractivity (Wildman–Crippen MR) is 91.3 cm³/mol. The number of methoxy groups -OCH3 is 1. The van der Waals surface area contributed by atoms with Crippen LogP contribution in [0.1, 0.15) is 11.1 Å². The quantitative estimate of drug-likeness (QED) is 0.491. The van der Waals surface area contributed by atoms with Crippen molar-refractivity contribution in [3.05, 3.63) is 63.7 Å². The Morgan fingerprint density at radius 2 is 1.88 bits per heavy atom. The fourth-order valence-corrected chi connectivity index (χ4v) is 2.19. The highest BCUT2D eigenvalue weighted by Crippen LogP contribution is 2.21. The van der Waals surface area contributed by atoms with Gasteiger partial charge >= 0.3 is 11.8 Å². The zero-order valence-electron chi connectivity index (χ0n) is 13.7. The van der Waals surface area contributed by atoms with Gasteiger partial charge in [0.25, 0.3) is 5.69 Å². The van der Waals surface area contributed by atoms with E-state index in [1.807, 2.05) is 0 Å². The van der Waals surface area contributed by atoms with Gasteiger partial charge in [0.2, 0.25) is 0 Å². The zero-order valence-corrected chi connectivity index (χ0v) is 13.7. The monoisotopic (exact) mass is 343 g/mol. The molecule has 8 heteroatoms. The summed E-state index contributed by atoms with van der Waals surface area (Å²) in [6.45, 7) is 1.74. The number of hydrogen-bond acceptors (Lipinski definition) is 5. The summed E-state index contributed by atoms with van der Waals surface area (Å²) in [5, 5.41) is 15.7. The molecule has 0 unspecified atom stereocenters. The van der Waals surface area contributed by atoms with Crippen molar-refractivity contribution < 1.29 is 19.2 Å². The second kappa shape index (κ2) is 7.91. The molecular formula is C17H17N3O5. The number of nitro benzene ring substituents is 1. The minimum atomic E-state index is -0.855. The Labute approximate surface area is 144 Å². The molecule has 0 aromatic heterocycles. The smallest absolute Gasteiger partial charge is 0.313 e. The van der Waals surface area contributed by atoms with Crippen LogP contribution in [0.4, 0.5) is 11.4 Å². The van der Waals surface area contributed by atoms with Crippen molar-refractivity contribution in [2.75, 3.05) is 12.4 Å². The Kier molecular flexibility index (Phi) is 5.67. The number of benzene rings is 2. The molecule has 130 valence electrons. The molecule has 0 saturated heterocycles. The number of aryl methyl sites for hydroxylation is 1. The van der Waals surface area contributed by atoms with Crippen molar-refractivity contribution in [3.63, 3.8) is 0 Å². The maximum atomic E-state index is 12.0. The first-order valence-corrected chi connectivity index (χ1v) is 7.38. The number of amides is 2. The molecule has 25 heavy (non-hydrogen) atoms. The van der Waals surface area contributed by atoms with E-state index >= 15 is 0 Å². The van der Waals surface area contributed by atoms with Gasteiger partial charge in [-0.1, -0.05) is 18.2 Å². The van der Waals surface area contributed by atoms with E-state index in [1.165, 1.54) is 25.3 Å². The van der Waals surface area contributed by atoms with E-state index in [0.29, 0.717) is 17.0 Å². The summed E-state index contributed by atoms with van der Waals surface area (Å²) in [6.07, 6.45) is 0. The van der Waals surface area contributed by atoms with Crippen LogP contribution < -0.4 is 15.4 Å². The molecule has 0 aliphatic carbocycles. The lowest BCUT2D eigenvalue weighted by atomic mass is 10.1. The van der Waals surface area contributed by atoms with Gasteiger partial charge in [0.1, 0.15) is 5.75 Å². The molecule has 0 spiro atoms. The fourth-order valence-electron chi connectivity index (χ4n) is 2.19. The molecule has 2 aromatic rings. The summed E-state index contributed by atoms with van der Waals surface area (Å²) in [7, 11) is 1.52. The molecule has 0 heterocycles. The van der Waals surface area contributed by atoms with Crippen LogP contribution in [0.3, 0.4) is 0 Å². The van der Waals surface area contributed by atoms with Crippen LogP contribution in [0.5, 0.6) is 5.75 Å². The van der Waals surface area contributed by atoms with Crippen molar-refractivity contribution in [2.45, 2.75) is 13.5 Å². The highest BCUT2D eigenvalue weighted by molar-refractivity contribution is 6.39. The molecule has 8 nitrogen and oxygen atoms in total. The van der Waals surface area contributed by atoms with Crippen molar-refractivity contribution in [1.82, 2.24) is 5.32 Å². The van der Waals surface area contributed by atoms with Gasteiger partial charge in [0, 0.05) is 29.9 Å². The number of nitrogens with zero attached hydrogens (tertiary/aromatic N) is 1. The number of ether oxygens (including phenoxy) is 1. The second-order valence-electron chi connectivity index (χ2n) is 5.20. The van der Waals surface area contributed by atoms with Crippen molar-refractivity contribution >= 4 is 23.2 Å². The molecule has 0 fully saturated rings. The molecular weight excluding hydrogens is 326 g/mol. The molecule has 0 bridgehead atoms. The Balaban J connectivity index is 1.99. The Morgan fingerprint density at radius 1 is 1.16 bits per heavy atom. The van der Waals surface area contributed by atoms with Crippen LogP contribution in [0.2, 0.25) is 0 Å². The molecule has 2 N–H and O–H groups in total. The lowest BCUT2D eigenvalue weighted by molar-refractivity contribution is -0.384.